The minimum atomic E-state index is -4.74. The van der Waals surface area contributed by atoms with Gasteiger partial charge in [-0.05, 0) is 104 Å². The van der Waals surface area contributed by atoms with E-state index in [-0.39, 0.29) is 29.8 Å². The lowest BCUT2D eigenvalue weighted by Crippen LogP contribution is -2.55. The van der Waals surface area contributed by atoms with Gasteiger partial charge in [0.25, 0.3) is 0 Å². The van der Waals surface area contributed by atoms with Gasteiger partial charge in [-0.25, -0.2) is 8.37 Å². The highest BCUT2D eigenvalue weighted by Crippen LogP contribution is 2.67. The summed E-state index contributed by atoms with van der Waals surface area (Å²) >= 11 is 0. The summed E-state index contributed by atoms with van der Waals surface area (Å²) in [7, 11) is -9.39. The minimum absolute atomic E-state index is 0.0382. The third-order valence-corrected chi connectivity index (χ3v) is 11.8. The summed E-state index contributed by atoms with van der Waals surface area (Å²) < 4.78 is 75.6. The molecule has 9 nitrogen and oxygen atoms in total. The van der Waals surface area contributed by atoms with Crippen molar-refractivity contribution in [3.05, 3.63) is 11.6 Å². The van der Waals surface area contributed by atoms with E-state index in [1.54, 1.807) is 0 Å². The Balaban J connectivity index is 1.63. The Morgan fingerprint density at radius 1 is 0.947 bits per heavy atom. The predicted molar refractivity (Wildman–Crippen MR) is 143 cm³/mol. The van der Waals surface area contributed by atoms with Gasteiger partial charge in [0.2, 0.25) is 0 Å². The van der Waals surface area contributed by atoms with Crippen molar-refractivity contribution in [3.8, 4) is 0 Å². The molecule has 0 radical (unpaired) electrons. The van der Waals surface area contributed by atoms with E-state index in [2.05, 4.69) is 40.7 Å². The van der Waals surface area contributed by atoms with Gasteiger partial charge in [-0.2, -0.15) is 16.8 Å². The molecule has 0 aromatic rings. The SMILES string of the molecule is CC(C)CC[C@@H](O)[C@@H](C)[C@H]1CC[C@H]2[C@@H]3C[C@H](OS(=O)(=O)O)C4C[C@@H](OS(=O)(=O)O)CC[C@]4(C)C3=CC[C@]12C. The van der Waals surface area contributed by atoms with Crippen LogP contribution in [0.3, 0.4) is 0 Å². The lowest BCUT2D eigenvalue weighted by Gasteiger charge is -2.59. The smallest absolute Gasteiger partial charge is 0.393 e. The highest BCUT2D eigenvalue weighted by Gasteiger charge is 2.61. The first-order valence-corrected chi connectivity index (χ1v) is 16.9. The number of allylic oxidation sites excluding steroid dienone is 2. The van der Waals surface area contributed by atoms with E-state index in [0.717, 1.165) is 32.1 Å². The van der Waals surface area contributed by atoms with Crippen molar-refractivity contribution in [3.63, 3.8) is 0 Å². The number of hydrogen-bond acceptors (Lipinski definition) is 7. The molecule has 3 saturated carbocycles. The van der Waals surface area contributed by atoms with Gasteiger partial charge in [0.1, 0.15) is 0 Å². The third-order valence-electron chi connectivity index (χ3n) is 10.8. The van der Waals surface area contributed by atoms with Crippen molar-refractivity contribution in [2.24, 2.45) is 46.3 Å². The Kier molecular flexibility index (Phi) is 8.55. The second-order valence-electron chi connectivity index (χ2n) is 13.4. The van der Waals surface area contributed by atoms with Crippen LogP contribution in [0.4, 0.5) is 0 Å². The van der Waals surface area contributed by atoms with Crippen LogP contribution in [0.5, 0.6) is 0 Å². The average molecular weight is 579 g/mol. The third kappa shape index (κ3) is 6.04. The van der Waals surface area contributed by atoms with Crippen LogP contribution in [-0.2, 0) is 29.2 Å². The molecule has 0 amide bonds. The fraction of sp³-hybridized carbons (Fsp3) is 0.926. The van der Waals surface area contributed by atoms with Gasteiger partial charge in [0, 0.05) is 0 Å². The van der Waals surface area contributed by atoms with Crippen LogP contribution >= 0.6 is 0 Å². The summed E-state index contributed by atoms with van der Waals surface area (Å²) in [6, 6.07) is 0. The monoisotopic (exact) mass is 578 g/mol. The van der Waals surface area contributed by atoms with E-state index in [0.29, 0.717) is 37.0 Å². The first kappa shape index (κ1) is 30.4. The minimum Gasteiger partial charge on any atom is -0.393 e. The second-order valence-corrected chi connectivity index (χ2v) is 15.5. The molecule has 4 aliphatic carbocycles. The molecular formula is C27H46O9S2. The van der Waals surface area contributed by atoms with Crippen LogP contribution in [-0.4, -0.2) is 49.4 Å². The van der Waals surface area contributed by atoms with Gasteiger partial charge in [-0.15, -0.1) is 0 Å². The standard InChI is InChI=1S/C27H46O9S2/c1-16(2)6-9-24(28)17(3)20-7-8-21-19-15-25(36-38(32,33)34)23-14-18(35-37(29,30)31)10-12-27(23,5)22(19)11-13-26(20,21)4/h11,16-21,23-25,28H,6-10,12-15H2,1-5H3,(H,29,30,31)(H,32,33,34)/t17-,18-,19-,20+,21-,23?,24+,25-,26+,27+/m0/s1. The highest BCUT2D eigenvalue weighted by atomic mass is 32.3. The maximum Gasteiger partial charge on any atom is 0.397 e. The molecule has 38 heavy (non-hydrogen) atoms. The van der Waals surface area contributed by atoms with Crippen LogP contribution in [0.2, 0.25) is 0 Å². The lowest BCUT2D eigenvalue weighted by molar-refractivity contribution is -0.0727. The summed E-state index contributed by atoms with van der Waals surface area (Å²) in [5.41, 5.74) is 0.794. The molecule has 0 bridgehead atoms. The summed E-state index contributed by atoms with van der Waals surface area (Å²) in [4.78, 5) is 0. The first-order valence-electron chi connectivity index (χ1n) is 14.1. The van der Waals surface area contributed by atoms with Crippen LogP contribution < -0.4 is 0 Å². The van der Waals surface area contributed by atoms with Gasteiger partial charge in [-0.3, -0.25) is 9.11 Å². The van der Waals surface area contributed by atoms with E-state index < -0.39 is 44.3 Å². The van der Waals surface area contributed by atoms with Crippen LogP contribution in [0.1, 0.15) is 92.4 Å². The molecule has 220 valence electrons. The van der Waals surface area contributed by atoms with Crippen molar-refractivity contribution in [1.29, 1.82) is 0 Å². The maximum absolute atomic E-state index is 11.9. The molecule has 1 unspecified atom stereocenters. The number of aliphatic hydroxyl groups is 1. The van der Waals surface area contributed by atoms with E-state index in [4.69, 9.17) is 8.37 Å². The Labute approximate surface area is 228 Å². The van der Waals surface area contributed by atoms with Crippen molar-refractivity contribution in [2.45, 2.75) is 111 Å². The Hall–Kier alpha value is -0.560. The van der Waals surface area contributed by atoms with Crippen molar-refractivity contribution < 1.29 is 39.4 Å². The molecule has 11 heteroatoms. The zero-order valence-electron chi connectivity index (χ0n) is 23.2. The van der Waals surface area contributed by atoms with E-state index in [1.165, 1.54) is 5.57 Å². The molecule has 0 aromatic carbocycles. The van der Waals surface area contributed by atoms with Crippen LogP contribution in [0, 0.1) is 46.3 Å². The van der Waals surface area contributed by atoms with Gasteiger partial charge in [0.15, 0.2) is 0 Å². The molecule has 4 aliphatic rings. The largest absolute Gasteiger partial charge is 0.397 e. The zero-order chi connectivity index (χ0) is 28.3. The van der Waals surface area contributed by atoms with Crippen molar-refractivity contribution in [2.75, 3.05) is 0 Å². The fourth-order valence-corrected chi connectivity index (χ4v) is 10.0. The molecule has 0 aromatic heterocycles. The molecule has 10 atom stereocenters. The topological polar surface area (TPSA) is 147 Å². The van der Waals surface area contributed by atoms with E-state index in [1.807, 2.05) is 0 Å². The molecule has 3 fully saturated rings. The van der Waals surface area contributed by atoms with Gasteiger partial charge >= 0.3 is 20.8 Å². The number of fused-ring (bicyclic) bond motifs is 5. The second kappa shape index (κ2) is 10.7. The molecular weight excluding hydrogens is 532 g/mol. The summed E-state index contributed by atoms with van der Waals surface area (Å²) in [5.74, 6) is 1.01. The lowest BCUT2D eigenvalue weighted by atomic mass is 9.47. The average Bonchev–Trinajstić information content (AvgIpc) is 3.13. The van der Waals surface area contributed by atoms with Crippen molar-refractivity contribution in [1.82, 2.24) is 0 Å². The first-order chi connectivity index (χ1) is 17.4. The number of hydrogen-bond donors (Lipinski definition) is 3. The predicted octanol–water partition coefficient (Wildman–Crippen LogP) is 4.98. The molecule has 0 spiro atoms. The summed E-state index contributed by atoms with van der Waals surface area (Å²) in [5, 5.41) is 11.0. The quantitative estimate of drug-likeness (QED) is 0.254. The molecule has 0 heterocycles. The Morgan fingerprint density at radius 3 is 2.21 bits per heavy atom. The van der Waals surface area contributed by atoms with Crippen LogP contribution in [0.15, 0.2) is 11.6 Å². The van der Waals surface area contributed by atoms with Gasteiger partial charge < -0.3 is 5.11 Å². The summed E-state index contributed by atoms with van der Waals surface area (Å²) in [6.07, 6.45) is 6.56. The Bertz CT molecular complexity index is 1120. The Morgan fingerprint density at radius 2 is 1.61 bits per heavy atom. The van der Waals surface area contributed by atoms with Crippen LogP contribution in [0.25, 0.3) is 0 Å². The molecule has 3 N–H and O–H groups in total. The maximum atomic E-state index is 11.9. The van der Waals surface area contributed by atoms with E-state index in [9.17, 15) is 31.0 Å². The zero-order valence-corrected chi connectivity index (χ0v) is 24.9. The highest BCUT2D eigenvalue weighted by molar-refractivity contribution is 7.81. The number of rotatable bonds is 9. The molecule has 4 rings (SSSR count). The van der Waals surface area contributed by atoms with E-state index >= 15 is 0 Å². The molecule has 0 aliphatic heterocycles. The van der Waals surface area contributed by atoms with Crippen molar-refractivity contribution >= 4 is 20.8 Å². The van der Waals surface area contributed by atoms with Gasteiger partial charge in [0.05, 0.1) is 18.3 Å². The number of aliphatic hydroxyl groups excluding tert-OH is 1. The summed E-state index contributed by atoms with van der Waals surface area (Å²) in [6.45, 7) is 10.9. The normalized spacial score (nSPS) is 41.1. The molecule has 0 saturated heterocycles. The van der Waals surface area contributed by atoms with Gasteiger partial charge in [-0.1, -0.05) is 46.3 Å². The fourth-order valence-electron chi connectivity index (χ4n) is 8.97.